The number of hydrogen-bond donors (Lipinski definition) is 2. The molecule has 0 aliphatic rings. The molecule has 6 heteroatoms. The fraction of sp³-hybridized carbons (Fsp3) is 0.125. The number of anilines is 1. The zero-order chi connectivity index (χ0) is 15.9. The van der Waals surface area contributed by atoms with E-state index in [1.165, 1.54) is 0 Å². The van der Waals surface area contributed by atoms with E-state index < -0.39 is 5.97 Å². The number of aliphatic carboxylic acids is 1. The lowest BCUT2D eigenvalue weighted by Gasteiger charge is -2.09. The van der Waals surface area contributed by atoms with Gasteiger partial charge in [0, 0.05) is 5.69 Å². The molecule has 2 N–H and O–H groups in total. The summed E-state index contributed by atoms with van der Waals surface area (Å²) < 4.78 is 5.33. The largest absolute Gasteiger partial charge is 0.482 e. The standard InChI is InChI=1S/C16H14ClNO4/c17-13-3-1-2-4-14(13)22-10-15(19)18-12-7-5-11(6-8-12)9-16(20)21/h1-8H,9-10H2,(H,18,19)(H,20,21). The molecular formula is C16H14ClNO4. The Hall–Kier alpha value is -2.53. The third-order valence-electron chi connectivity index (χ3n) is 2.79. The minimum Gasteiger partial charge on any atom is -0.482 e. The number of carbonyl (C=O) groups is 2. The number of para-hydroxylation sites is 1. The second kappa shape index (κ2) is 7.47. The highest BCUT2D eigenvalue weighted by atomic mass is 35.5. The van der Waals surface area contributed by atoms with Gasteiger partial charge < -0.3 is 15.2 Å². The molecule has 2 aromatic carbocycles. The molecule has 0 saturated heterocycles. The van der Waals surface area contributed by atoms with Crippen LogP contribution in [0.2, 0.25) is 5.02 Å². The summed E-state index contributed by atoms with van der Waals surface area (Å²) in [4.78, 5) is 22.4. The van der Waals surface area contributed by atoms with Gasteiger partial charge in [0.25, 0.3) is 5.91 Å². The number of amides is 1. The van der Waals surface area contributed by atoms with Gasteiger partial charge in [-0.05, 0) is 29.8 Å². The van der Waals surface area contributed by atoms with Crippen LogP contribution < -0.4 is 10.1 Å². The van der Waals surface area contributed by atoms with E-state index in [4.69, 9.17) is 21.4 Å². The Morgan fingerprint density at radius 2 is 1.77 bits per heavy atom. The Labute approximate surface area is 132 Å². The second-order valence-corrected chi connectivity index (χ2v) is 4.94. The average Bonchev–Trinajstić information content (AvgIpc) is 2.48. The third kappa shape index (κ3) is 4.79. The van der Waals surface area contributed by atoms with Crippen molar-refractivity contribution in [3.05, 3.63) is 59.1 Å². The lowest BCUT2D eigenvalue weighted by atomic mass is 10.1. The van der Waals surface area contributed by atoms with Gasteiger partial charge in [-0.25, -0.2) is 0 Å². The molecule has 0 aliphatic carbocycles. The summed E-state index contributed by atoms with van der Waals surface area (Å²) in [5, 5.41) is 11.8. The van der Waals surface area contributed by atoms with Gasteiger partial charge in [-0.3, -0.25) is 9.59 Å². The van der Waals surface area contributed by atoms with Crippen molar-refractivity contribution in [2.24, 2.45) is 0 Å². The van der Waals surface area contributed by atoms with Crippen LogP contribution in [0.15, 0.2) is 48.5 Å². The molecule has 5 nitrogen and oxygen atoms in total. The fourth-order valence-corrected chi connectivity index (χ4v) is 1.97. The Kier molecular flexibility index (Phi) is 5.38. The molecule has 22 heavy (non-hydrogen) atoms. The number of rotatable bonds is 6. The van der Waals surface area contributed by atoms with Gasteiger partial charge in [0.2, 0.25) is 0 Å². The topological polar surface area (TPSA) is 75.6 Å². The fourth-order valence-electron chi connectivity index (χ4n) is 1.78. The van der Waals surface area contributed by atoms with Crippen molar-refractivity contribution in [3.8, 4) is 5.75 Å². The van der Waals surface area contributed by atoms with Gasteiger partial charge in [0.15, 0.2) is 6.61 Å². The first kappa shape index (κ1) is 15.9. The molecule has 0 aliphatic heterocycles. The number of hydrogen-bond acceptors (Lipinski definition) is 3. The van der Waals surface area contributed by atoms with Gasteiger partial charge in [0.05, 0.1) is 11.4 Å². The minimum atomic E-state index is -0.898. The first-order valence-corrected chi connectivity index (χ1v) is 6.90. The predicted molar refractivity (Wildman–Crippen MR) is 83.4 cm³/mol. The SMILES string of the molecule is O=C(O)Cc1ccc(NC(=O)COc2ccccc2Cl)cc1. The van der Waals surface area contributed by atoms with Crippen molar-refractivity contribution in [2.45, 2.75) is 6.42 Å². The Bertz CT molecular complexity index is 670. The van der Waals surface area contributed by atoms with Crippen LogP contribution in [-0.4, -0.2) is 23.6 Å². The van der Waals surface area contributed by atoms with Gasteiger partial charge in [-0.15, -0.1) is 0 Å². The molecule has 2 aromatic rings. The van der Waals surface area contributed by atoms with Gasteiger partial charge in [-0.1, -0.05) is 35.9 Å². The molecule has 2 rings (SSSR count). The summed E-state index contributed by atoms with van der Waals surface area (Å²) in [7, 11) is 0. The normalized spacial score (nSPS) is 10.0. The van der Waals surface area contributed by atoms with Crippen molar-refractivity contribution in [1.82, 2.24) is 0 Å². The molecule has 0 fully saturated rings. The zero-order valence-corrected chi connectivity index (χ0v) is 12.3. The monoisotopic (exact) mass is 319 g/mol. The van der Waals surface area contributed by atoms with Gasteiger partial charge in [0.1, 0.15) is 5.75 Å². The van der Waals surface area contributed by atoms with Crippen LogP contribution >= 0.6 is 11.6 Å². The maximum atomic E-state index is 11.8. The van der Waals surface area contributed by atoms with Crippen LogP contribution in [-0.2, 0) is 16.0 Å². The van der Waals surface area contributed by atoms with Crippen LogP contribution in [0.4, 0.5) is 5.69 Å². The molecule has 1 amide bonds. The summed E-state index contributed by atoms with van der Waals surface area (Å²) in [5.41, 5.74) is 1.24. The number of halogens is 1. The van der Waals surface area contributed by atoms with Crippen LogP contribution in [0.3, 0.4) is 0 Å². The van der Waals surface area contributed by atoms with Crippen LogP contribution in [0, 0.1) is 0 Å². The number of benzene rings is 2. The number of ether oxygens (including phenoxy) is 1. The second-order valence-electron chi connectivity index (χ2n) is 4.53. The maximum Gasteiger partial charge on any atom is 0.307 e. The van der Waals surface area contributed by atoms with Crippen molar-refractivity contribution in [3.63, 3.8) is 0 Å². The van der Waals surface area contributed by atoms with Crippen LogP contribution in [0.5, 0.6) is 5.75 Å². The highest BCUT2D eigenvalue weighted by Crippen LogP contribution is 2.22. The molecule has 0 radical (unpaired) electrons. The number of carbonyl (C=O) groups excluding carboxylic acids is 1. The maximum absolute atomic E-state index is 11.8. The van der Waals surface area contributed by atoms with Crippen molar-refractivity contribution in [2.75, 3.05) is 11.9 Å². The number of carboxylic acid groups (broad SMARTS) is 1. The van der Waals surface area contributed by atoms with E-state index in [1.807, 2.05) is 0 Å². The van der Waals surface area contributed by atoms with Gasteiger partial charge in [-0.2, -0.15) is 0 Å². The zero-order valence-electron chi connectivity index (χ0n) is 11.6. The van der Waals surface area contributed by atoms with Crippen LogP contribution in [0.25, 0.3) is 0 Å². The summed E-state index contributed by atoms with van der Waals surface area (Å²) in [5.74, 6) is -0.785. The molecular weight excluding hydrogens is 306 g/mol. The highest BCUT2D eigenvalue weighted by Gasteiger charge is 2.06. The van der Waals surface area contributed by atoms with Crippen molar-refractivity contribution < 1.29 is 19.4 Å². The average molecular weight is 320 g/mol. The summed E-state index contributed by atoms with van der Waals surface area (Å²) in [6.07, 6.45) is -0.0517. The van der Waals surface area contributed by atoms with E-state index in [1.54, 1.807) is 48.5 Å². The van der Waals surface area contributed by atoms with E-state index in [0.717, 1.165) is 0 Å². The molecule has 0 aromatic heterocycles. The molecule has 0 atom stereocenters. The van der Waals surface area contributed by atoms with E-state index >= 15 is 0 Å². The molecule has 114 valence electrons. The van der Waals surface area contributed by atoms with Crippen molar-refractivity contribution >= 4 is 29.2 Å². The summed E-state index contributed by atoms with van der Waals surface area (Å²) in [6.45, 7) is -0.166. The third-order valence-corrected chi connectivity index (χ3v) is 3.10. The minimum absolute atomic E-state index is 0.0517. The Morgan fingerprint density at radius 3 is 2.41 bits per heavy atom. The van der Waals surface area contributed by atoms with E-state index in [-0.39, 0.29) is 18.9 Å². The smallest absolute Gasteiger partial charge is 0.307 e. The number of nitrogens with one attached hydrogen (secondary N) is 1. The van der Waals surface area contributed by atoms with E-state index in [2.05, 4.69) is 5.32 Å². The highest BCUT2D eigenvalue weighted by molar-refractivity contribution is 6.32. The quantitative estimate of drug-likeness (QED) is 0.858. The molecule has 0 heterocycles. The summed E-state index contributed by atoms with van der Waals surface area (Å²) in [6, 6.07) is 13.5. The Morgan fingerprint density at radius 1 is 1.09 bits per heavy atom. The van der Waals surface area contributed by atoms with E-state index in [0.29, 0.717) is 22.0 Å². The first-order chi connectivity index (χ1) is 10.5. The van der Waals surface area contributed by atoms with Crippen LogP contribution in [0.1, 0.15) is 5.56 Å². The molecule has 0 unspecified atom stereocenters. The molecule has 0 bridgehead atoms. The first-order valence-electron chi connectivity index (χ1n) is 6.52. The van der Waals surface area contributed by atoms with Crippen molar-refractivity contribution in [1.29, 1.82) is 0 Å². The lowest BCUT2D eigenvalue weighted by Crippen LogP contribution is -2.20. The summed E-state index contributed by atoms with van der Waals surface area (Å²) >= 11 is 5.92. The number of carboxylic acids is 1. The predicted octanol–water partition coefficient (Wildman–Crippen LogP) is 2.98. The van der Waals surface area contributed by atoms with E-state index in [9.17, 15) is 9.59 Å². The molecule has 0 spiro atoms. The lowest BCUT2D eigenvalue weighted by molar-refractivity contribution is -0.136. The molecule has 0 saturated carbocycles. The Balaban J connectivity index is 1.87. The van der Waals surface area contributed by atoms with Gasteiger partial charge >= 0.3 is 5.97 Å².